The number of rotatable bonds is 4. The van der Waals surface area contributed by atoms with Gasteiger partial charge in [0.25, 0.3) is 0 Å². The van der Waals surface area contributed by atoms with E-state index < -0.39 is 0 Å². The van der Waals surface area contributed by atoms with Crippen molar-refractivity contribution in [3.63, 3.8) is 0 Å². The van der Waals surface area contributed by atoms with Crippen LogP contribution in [0.4, 0.5) is 0 Å². The van der Waals surface area contributed by atoms with Gasteiger partial charge in [0.2, 0.25) is 0 Å². The zero-order valence-corrected chi connectivity index (χ0v) is 12.7. The summed E-state index contributed by atoms with van der Waals surface area (Å²) >= 11 is 5.99. The molecule has 0 aliphatic carbocycles. The lowest BCUT2D eigenvalue weighted by atomic mass is 10.1. The van der Waals surface area contributed by atoms with Crippen LogP contribution < -0.4 is 4.74 Å². The van der Waals surface area contributed by atoms with E-state index >= 15 is 0 Å². The minimum Gasteiger partial charge on any atom is -0.489 e. The minimum atomic E-state index is 0.0768. The first-order valence-corrected chi connectivity index (χ1v) is 7.15. The van der Waals surface area contributed by atoms with Crippen LogP contribution in [0.25, 0.3) is 0 Å². The molecule has 0 radical (unpaired) electrons. The number of aliphatic hydroxyl groups is 1. The number of aliphatic hydroxyl groups excluding tert-OH is 1. The quantitative estimate of drug-likeness (QED) is 0.866. The molecule has 0 saturated heterocycles. The molecule has 2 aromatic rings. The van der Waals surface area contributed by atoms with Crippen LogP contribution >= 0.6 is 11.6 Å². The molecule has 2 aromatic carbocycles. The zero-order valence-electron chi connectivity index (χ0n) is 11.9. The Morgan fingerprint density at radius 2 is 2.00 bits per heavy atom. The van der Waals surface area contributed by atoms with Crippen molar-refractivity contribution in [1.29, 1.82) is 0 Å². The molecule has 108 valence electrons. The molecule has 0 heterocycles. The van der Waals surface area contributed by atoms with E-state index in [1.54, 1.807) is 0 Å². The predicted molar refractivity (Wildman–Crippen MR) is 85.5 cm³/mol. The normalized spacial score (nSPS) is 9.86. The first-order chi connectivity index (χ1) is 10.2. The van der Waals surface area contributed by atoms with Crippen molar-refractivity contribution in [2.24, 2.45) is 0 Å². The van der Waals surface area contributed by atoms with Gasteiger partial charge in [0.15, 0.2) is 0 Å². The lowest BCUT2D eigenvalue weighted by Crippen LogP contribution is -1.99. The van der Waals surface area contributed by atoms with Crippen molar-refractivity contribution in [3.05, 3.63) is 64.2 Å². The number of hydrogen-bond acceptors (Lipinski definition) is 2. The van der Waals surface area contributed by atoms with Crippen LogP contribution in [-0.4, -0.2) is 11.7 Å². The molecule has 0 aliphatic rings. The second-order valence-electron chi connectivity index (χ2n) is 4.63. The predicted octanol–water partition coefficient (Wildman–Crippen LogP) is 3.96. The fraction of sp³-hybridized carbons (Fsp3) is 0.222. The number of benzene rings is 2. The van der Waals surface area contributed by atoms with Crippen molar-refractivity contribution in [3.8, 4) is 17.6 Å². The highest BCUT2D eigenvalue weighted by molar-refractivity contribution is 6.30. The van der Waals surface area contributed by atoms with Gasteiger partial charge in [-0.2, -0.15) is 0 Å². The van der Waals surface area contributed by atoms with Gasteiger partial charge in [0.1, 0.15) is 12.4 Å². The lowest BCUT2D eigenvalue weighted by Gasteiger charge is -2.10. The molecule has 0 fully saturated rings. The Morgan fingerprint density at radius 3 is 2.81 bits per heavy atom. The highest BCUT2D eigenvalue weighted by Crippen LogP contribution is 2.23. The van der Waals surface area contributed by atoms with E-state index in [9.17, 15) is 0 Å². The fourth-order valence-corrected chi connectivity index (χ4v) is 2.03. The third-order valence-electron chi connectivity index (χ3n) is 3.01. The molecule has 0 unspecified atom stereocenters. The topological polar surface area (TPSA) is 29.5 Å². The molecule has 1 N–H and O–H groups in total. The van der Waals surface area contributed by atoms with Crippen molar-refractivity contribution in [1.82, 2.24) is 0 Å². The highest BCUT2D eigenvalue weighted by atomic mass is 35.5. The van der Waals surface area contributed by atoms with Crippen molar-refractivity contribution >= 4 is 11.6 Å². The standard InChI is InChI=1S/C18H17ClO2/c1-14-9-10-17(19)12-18(14)21-13-16-8-3-2-6-15(16)7-4-5-11-20/h2-3,6,8-10,12,20H,5,11,13H2,1H3. The highest BCUT2D eigenvalue weighted by Gasteiger charge is 2.04. The molecule has 0 amide bonds. The Morgan fingerprint density at radius 1 is 1.19 bits per heavy atom. The zero-order chi connectivity index (χ0) is 15.1. The van der Waals surface area contributed by atoms with Crippen molar-refractivity contribution < 1.29 is 9.84 Å². The minimum absolute atomic E-state index is 0.0768. The number of ether oxygens (including phenoxy) is 1. The molecule has 0 bridgehead atoms. The summed E-state index contributed by atoms with van der Waals surface area (Å²) < 4.78 is 5.85. The summed E-state index contributed by atoms with van der Waals surface area (Å²) in [5.41, 5.74) is 2.98. The Kier molecular flexibility index (Phi) is 5.68. The molecule has 0 aromatic heterocycles. The summed E-state index contributed by atoms with van der Waals surface area (Å²) in [6.45, 7) is 2.50. The number of aryl methyl sites for hydroxylation is 1. The fourth-order valence-electron chi connectivity index (χ4n) is 1.87. The molecular weight excluding hydrogens is 284 g/mol. The van der Waals surface area contributed by atoms with Crippen LogP contribution in [0, 0.1) is 18.8 Å². The SMILES string of the molecule is Cc1ccc(Cl)cc1OCc1ccccc1C#CCCO. The van der Waals surface area contributed by atoms with Crippen LogP contribution in [0.3, 0.4) is 0 Å². The van der Waals surface area contributed by atoms with E-state index in [-0.39, 0.29) is 6.61 Å². The van der Waals surface area contributed by atoms with Crippen LogP contribution in [0.15, 0.2) is 42.5 Å². The number of halogens is 1. The summed E-state index contributed by atoms with van der Waals surface area (Å²) in [7, 11) is 0. The monoisotopic (exact) mass is 300 g/mol. The van der Waals surface area contributed by atoms with Gasteiger partial charge in [-0.3, -0.25) is 0 Å². The third-order valence-corrected chi connectivity index (χ3v) is 3.25. The summed E-state index contributed by atoms with van der Waals surface area (Å²) in [6.07, 6.45) is 0.475. The lowest BCUT2D eigenvalue weighted by molar-refractivity contribution is 0.303. The van der Waals surface area contributed by atoms with E-state index in [1.165, 1.54) is 0 Å². The largest absolute Gasteiger partial charge is 0.489 e. The smallest absolute Gasteiger partial charge is 0.124 e. The molecule has 3 heteroatoms. The number of hydrogen-bond donors (Lipinski definition) is 1. The van der Waals surface area contributed by atoms with Gasteiger partial charge in [-0.1, -0.05) is 47.7 Å². The van der Waals surface area contributed by atoms with Gasteiger partial charge in [-0.25, -0.2) is 0 Å². The Bertz CT molecular complexity index is 668. The van der Waals surface area contributed by atoms with Gasteiger partial charge < -0.3 is 9.84 Å². The molecule has 2 rings (SSSR count). The molecule has 0 spiro atoms. The second kappa shape index (κ2) is 7.73. The Hall–Kier alpha value is -1.95. The van der Waals surface area contributed by atoms with Crippen LogP contribution in [0.2, 0.25) is 5.02 Å². The van der Waals surface area contributed by atoms with Gasteiger partial charge in [-0.15, -0.1) is 0 Å². The summed E-state index contributed by atoms with van der Waals surface area (Å²) in [6, 6.07) is 13.4. The second-order valence-corrected chi connectivity index (χ2v) is 5.07. The van der Waals surface area contributed by atoms with E-state index in [0.717, 1.165) is 22.4 Å². The summed E-state index contributed by atoms with van der Waals surface area (Å²) in [5.74, 6) is 6.77. The average molecular weight is 301 g/mol. The van der Waals surface area contributed by atoms with E-state index in [1.807, 2.05) is 49.4 Å². The van der Waals surface area contributed by atoms with Crippen LogP contribution in [0.1, 0.15) is 23.1 Å². The molecular formula is C18H17ClO2. The molecule has 21 heavy (non-hydrogen) atoms. The van der Waals surface area contributed by atoms with Crippen LogP contribution in [0.5, 0.6) is 5.75 Å². The maximum absolute atomic E-state index is 8.78. The molecule has 0 aliphatic heterocycles. The average Bonchev–Trinajstić information content (AvgIpc) is 2.49. The van der Waals surface area contributed by atoms with Gasteiger partial charge in [0.05, 0.1) is 6.61 Å². The Labute approximate surface area is 130 Å². The maximum atomic E-state index is 8.78. The van der Waals surface area contributed by atoms with Crippen molar-refractivity contribution in [2.75, 3.05) is 6.61 Å². The van der Waals surface area contributed by atoms with Gasteiger partial charge in [-0.05, 0) is 30.7 Å². The third kappa shape index (κ3) is 4.53. The maximum Gasteiger partial charge on any atom is 0.124 e. The van der Waals surface area contributed by atoms with Crippen LogP contribution in [-0.2, 0) is 6.61 Å². The van der Waals surface area contributed by atoms with E-state index in [0.29, 0.717) is 18.1 Å². The van der Waals surface area contributed by atoms with E-state index in [2.05, 4.69) is 11.8 Å². The first kappa shape index (κ1) is 15.4. The molecule has 0 saturated carbocycles. The summed E-state index contributed by atoms with van der Waals surface area (Å²) in [5, 5.41) is 9.44. The summed E-state index contributed by atoms with van der Waals surface area (Å²) in [4.78, 5) is 0. The molecule has 2 nitrogen and oxygen atoms in total. The Balaban J connectivity index is 2.13. The van der Waals surface area contributed by atoms with E-state index in [4.69, 9.17) is 21.4 Å². The molecule has 0 atom stereocenters. The van der Waals surface area contributed by atoms with Crippen molar-refractivity contribution in [2.45, 2.75) is 20.0 Å². The van der Waals surface area contributed by atoms with Gasteiger partial charge >= 0.3 is 0 Å². The first-order valence-electron chi connectivity index (χ1n) is 6.77. The van der Waals surface area contributed by atoms with Gasteiger partial charge in [0, 0.05) is 22.6 Å².